The number of unbranched alkanes of at least 4 members (excludes halogenated alkanes) is 18. The molecule has 272 valence electrons. The molecule has 2 heteroatoms. The van der Waals surface area contributed by atoms with E-state index in [9.17, 15) is 0 Å². The van der Waals surface area contributed by atoms with Crippen LogP contribution in [-0.2, 0) is 0 Å². The van der Waals surface area contributed by atoms with Gasteiger partial charge in [0.15, 0.2) is 0 Å². The van der Waals surface area contributed by atoms with Crippen LogP contribution < -0.4 is 0 Å². The first-order chi connectivity index (χ1) is 19.4. The standard InChI is InChI=1S/2C10H22S.2C9H20.3CH4/c2*1-3-5-7-9-10(11)8-6-4-2;2*1-3-5-7-9-8-6-4-2;;;/h2*10-11H,3-9H2,1-2H3;2*3-9H2,1-2H3;3*1H4. The van der Waals surface area contributed by atoms with Crippen molar-refractivity contribution in [1.82, 2.24) is 0 Å². The maximum Gasteiger partial charge on any atom is 0.00168 e. The smallest absolute Gasteiger partial charge is 0.00168 e. The summed E-state index contributed by atoms with van der Waals surface area (Å²) in [6, 6.07) is 0. The molecule has 0 bridgehead atoms. The van der Waals surface area contributed by atoms with Crippen molar-refractivity contribution in [2.24, 2.45) is 0 Å². The van der Waals surface area contributed by atoms with E-state index in [0.717, 1.165) is 0 Å². The number of thiol groups is 2. The molecule has 0 amide bonds. The lowest BCUT2D eigenvalue weighted by molar-refractivity contribution is 0.599. The molecule has 0 aromatic carbocycles. The van der Waals surface area contributed by atoms with Crippen molar-refractivity contribution in [3.63, 3.8) is 0 Å². The number of hydrogen-bond donors (Lipinski definition) is 2. The average Bonchev–Trinajstić information content (AvgIpc) is 2.96. The van der Waals surface area contributed by atoms with E-state index < -0.39 is 0 Å². The van der Waals surface area contributed by atoms with Crippen LogP contribution in [0.15, 0.2) is 0 Å². The fourth-order valence-corrected chi connectivity index (χ4v) is 5.22. The topological polar surface area (TPSA) is 0 Å². The molecule has 0 aliphatic rings. The van der Waals surface area contributed by atoms with Gasteiger partial charge in [0.2, 0.25) is 0 Å². The van der Waals surface area contributed by atoms with Gasteiger partial charge in [0.05, 0.1) is 0 Å². The van der Waals surface area contributed by atoms with Crippen molar-refractivity contribution in [2.75, 3.05) is 0 Å². The number of rotatable bonds is 26. The molecule has 0 heterocycles. The highest BCUT2D eigenvalue weighted by Gasteiger charge is 2.01. The molecule has 0 radical (unpaired) electrons. The van der Waals surface area contributed by atoms with Gasteiger partial charge in [0, 0.05) is 10.5 Å². The molecule has 0 rings (SSSR count). The van der Waals surface area contributed by atoms with E-state index in [1.165, 1.54) is 180 Å². The highest BCUT2D eigenvalue weighted by molar-refractivity contribution is 7.81. The summed E-state index contributed by atoms with van der Waals surface area (Å²) in [5.74, 6) is 0. The van der Waals surface area contributed by atoms with Crippen molar-refractivity contribution in [2.45, 2.75) is 268 Å². The summed E-state index contributed by atoms with van der Waals surface area (Å²) in [4.78, 5) is 0. The zero-order chi connectivity index (χ0) is 31.0. The summed E-state index contributed by atoms with van der Waals surface area (Å²) < 4.78 is 0. The maximum absolute atomic E-state index is 4.54. The minimum Gasteiger partial charge on any atom is -0.176 e. The van der Waals surface area contributed by atoms with Crippen molar-refractivity contribution in [1.29, 1.82) is 0 Å². The van der Waals surface area contributed by atoms with Gasteiger partial charge < -0.3 is 0 Å². The molecular formula is C41H96S2. The third-order valence-electron chi connectivity index (χ3n) is 7.48. The molecule has 0 aromatic rings. The molecule has 0 aromatic heterocycles. The second kappa shape index (κ2) is 61.7. The SMILES string of the molecule is C.C.C.CCCCCC(S)CCCC.CCCCCC(S)CCCC.CCCCCCCCC.CCCCCCCCC. The van der Waals surface area contributed by atoms with E-state index in [1.807, 2.05) is 0 Å². The second-order valence-electron chi connectivity index (χ2n) is 12.1. The molecule has 0 aliphatic carbocycles. The first-order valence-electron chi connectivity index (χ1n) is 18.8. The second-order valence-corrected chi connectivity index (χ2v) is 13.6. The Morgan fingerprint density at radius 2 is 0.419 bits per heavy atom. The van der Waals surface area contributed by atoms with Gasteiger partial charge in [-0.3, -0.25) is 0 Å². The zero-order valence-corrected chi connectivity index (χ0v) is 31.6. The van der Waals surface area contributed by atoms with Crippen LogP contribution >= 0.6 is 25.3 Å². The summed E-state index contributed by atoms with van der Waals surface area (Å²) in [7, 11) is 0. The van der Waals surface area contributed by atoms with Crippen LogP contribution in [0, 0.1) is 0 Å². The summed E-state index contributed by atoms with van der Waals surface area (Å²) >= 11 is 9.07. The molecule has 0 spiro atoms. The van der Waals surface area contributed by atoms with Crippen LogP contribution in [0.3, 0.4) is 0 Å². The van der Waals surface area contributed by atoms with Gasteiger partial charge in [-0.25, -0.2) is 0 Å². The number of hydrogen-bond acceptors (Lipinski definition) is 2. The predicted octanol–water partition coefficient (Wildman–Crippen LogP) is 17.5. The molecule has 0 saturated carbocycles. The van der Waals surface area contributed by atoms with Crippen LogP contribution in [0.25, 0.3) is 0 Å². The molecule has 0 fully saturated rings. The summed E-state index contributed by atoms with van der Waals surface area (Å²) in [6.07, 6.45) is 38.7. The van der Waals surface area contributed by atoms with Gasteiger partial charge in [0.25, 0.3) is 0 Å². The molecule has 0 aliphatic heterocycles. The van der Waals surface area contributed by atoms with Crippen LogP contribution in [0.1, 0.15) is 257 Å². The Morgan fingerprint density at radius 1 is 0.256 bits per heavy atom. The van der Waals surface area contributed by atoms with Crippen LogP contribution in [0.5, 0.6) is 0 Å². The van der Waals surface area contributed by atoms with E-state index in [0.29, 0.717) is 10.5 Å². The van der Waals surface area contributed by atoms with E-state index in [-0.39, 0.29) is 22.3 Å². The molecular weight excluding hydrogens is 557 g/mol. The lowest BCUT2D eigenvalue weighted by Crippen LogP contribution is -1.97. The van der Waals surface area contributed by atoms with Crippen molar-refractivity contribution in [3.8, 4) is 0 Å². The Bertz CT molecular complexity index is 312. The fourth-order valence-electron chi connectivity index (χ4n) is 4.49. The van der Waals surface area contributed by atoms with Gasteiger partial charge in [-0.05, 0) is 25.7 Å². The van der Waals surface area contributed by atoms with Crippen LogP contribution in [0.2, 0.25) is 0 Å². The molecule has 0 N–H and O–H groups in total. The monoisotopic (exact) mass is 653 g/mol. The molecule has 0 nitrogen and oxygen atoms in total. The largest absolute Gasteiger partial charge is 0.176 e. The Balaban J connectivity index is -0.0000000789. The van der Waals surface area contributed by atoms with Crippen molar-refractivity contribution < 1.29 is 0 Å². The van der Waals surface area contributed by atoms with E-state index >= 15 is 0 Å². The Morgan fingerprint density at radius 3 is 0.628 bits per heavy atom. The van der Waals surface area contributed by atoms with Gasteiger partial charge in [0.1, 0.15) is 0 Å². The molecule has 2 atom stereocenters. The Labute approximate surface area is 292 Å². The highest BCUT2D eigenvalue weighted by Crippen LogP contribution is 2.15. The first-order valence-corrected chi connectivity index (χ1v) is 19.8. The minimum absolute atomic E-state index is 0. The fraction of sp³-hybridized carbons (Fsp3) is 1.00. The lowest BCUT2D eigenvalue weighted by atomic mass is 10.1. The van der Waals surface area contributed by atoms with Gasteiger partial charge in [-0.15, -0.1) is 0 Å². The van der Waals surface area contributed by atoms with Gasteiger partial charge >= 0.3 is 0 Å². The lowest BCUT2D eigenvalue weighted by Gasteiger charge is -2.08. The first kappa shape index (κ1) is 59.2. The van der Waals surface area contributed by atoms with Gasteiger partial charge in [-0.2, -0.15) is 25.3 Å². The van der Waals surface area contributed by atoms with Crippen LogP contribution in [-0.4, -0.2) is 10.5 Å². The summed E-state index contributed by atoms with van der Waals surface area (Å²) in [5.41, 5.74) is 0. The molecule has 43 heavy (non-hydrogen) atoms. The van der Waals surface area contributed by atoms with Crippen molar-refractivity contribution >= 4 is 25.3 Å². The average molecular weight is 653 g/mol. The van der Waals surface area contributed by atoms with E-state index in [2.05, 4.69) is 80.6 Å². The van der Waals surface area contributed by atoms with Crippen molar-refractivity contribution in [3.05, 3.63) is 0 Å². The Hall–Kier alpha value is 0.700. The maximum atomic E-state index is 4.54. The summed E-state index contributed by atoms with van der Waals surface area (Å²) in [5, 5.41) is 1.34. The quantitative estimate of drug-likeness (QED) is 0.0674. The zero-order valence-electron chi connectivity index (χ0n) is 29.8. The third kappa shape index (κ3) is 75.0. The summed E-state index contributed by atoms with van der Waals surface area (Å²) in [6.45, 7) is 18.0. The van der Waals surface area contributed by atoms with Gasteiger partial charge in [-0.1, -0.05) is 232 Å². The third-order valence-corrected chi connectivity index (χ3v) is 8.51. The molecule has 2 unspecified atom stereocenters. The van der Waals surface area contributed by atoms with E-state index in [4.69, 9.17) is 0 Å². The Kier molecular flexibility index (Phi) is 84.8. The van der Waals surface area contributed by atoms with Crippen LogP contribution in [0.4, 0.5) is 0 Å². The minimum atomic E-state index is 0. The highest BCUT2D eigenvalue weighted by atomic mass is 32.1. The predicted molar refractivity (Wildman–Crippen MR) is 220 cm³/mol. The normalized spacial score (nSPS) is 11.0. The molecule has 0 saturated heterocycles. The van der Waals surface area contributed by atoms with E-state index in [1.54, 1.807) is 0 Å².